The van der Waals surface area contributed by atoms with E-state index in [1.807, 2.05) is 11.8 Å². The zero-order chi connectivity index (χ0) is 28.1. The number of ketones is 1. The van der Waals surface area contributed by atoms with Gasteiger partial charge in [-0.25, -0.2) is 9.59 Å². The number of carboxylic acids is 2. The minimum atomic E-state index is -1.26. The van der Waals surface area contributed by atoms with Crippen molar-refractivity contribution in [1.29, 1.82) is 0 Å². The Kier molecular flexibility index (Phi) is 11.7. The first-order chi connectivity index (χ1) is 18.1. The standard InChI is InChI=1S/C22H25N3O5.C4H4O4/c1-2-10-24(21(26)16-23-11-13-30-14-12-23)20-9-8-18(25(28)29)15-19(20)22(27)17-6-4-3-5-7-17;5-3(6)1-2-4(7)8/h3-9,15H,2,10-14,16H2,1H3;1-2H,(H,5,6)(H,7,8)/b;2-1+. The van der Waals surface area contributed by atoms with E-state index >= 15 is 0 Å². The van der Waals surface area contributed by atoms with Gasteiger partial charge < -0.3 is 19.8 Å². The fraction of sp³-hybridized carbons (Fsp3) is 0.308. The Morgan fingerprint density at radius 1 is 1.03 bits per heavy atom. The number of ether oxygens (including phenoxy) is 1. The average molecular weight is 528 g/mol. The number of aliphatic carboxylic acids is 2. The van der Waals surface area contributed by atoms with Crippen molar-refractivity contribution in [1.82, 2.24) is 4.90 Å². The van der Waals surface area contributed by atoms with Crippen LogP contribution in [0.2, 0.25) is 0 Å². The van der Waals surface area contributed by atoms with Crippen LogP contribution in [0.25, 0.3) is 0 Å². The molecule has 1 heterocycles. The Bertz CT molecular complexity index is 1160. The maximum Gasteiger partial charge on any atom is 0.328 e. The molecule has 0 aromatic heterocycles. The van der Waals surface area contributed by atoms with Gasteiger partial charge in [-0.3, -0.25) is 24.6 Å². The molecule has 3 rings (SSSR count). The number of rotatable bonds is 10. The minimum absolute atomic E-state index is 0.144. The molecule has 2 aromatic rings. The lowest BCUT2D eigenvalue weighted by atomic mass is 10.00. The Morgan fingerprint density at radius 3 is 2.16 bits per heavy atom. The summed E-state index contributed by atoms with van der Waals surface area (Å²) >= 11 is 0. The van der Waals surface area contributed by atoms with Crippen molar-refractivity contribution in [2.75, 3.05) is 44.3 Å². The summed E-state index contributed by atoms with van der Waals surface area (Å²) in [5, 5.41) is 26.9. The molecule has 0 saturated carbocycles. The largest absolute Gasteiger partial charge is 0.478 e. The van der Waals surface area contributed by atoms with E-state index in [9.17, 15) is 29.3 Å². The summed E-state index contributed by atoms with van der Waals surface area (Å²) in [4.78, 5) is 59.8. The maximum atomic E-state index is 13.2. The topological polar surface area (TPSA) is 168 Å². The predicted molar refractivity (Wildman–Crippen MR) is 137 cm³/mol. The fourth-order valence-electron chi connectivity index (χ4n) is 3.58. The molecule has 0 aliphatic carbocycles. The summed E-state index contributed by atoms with van der Waals surface area (Å²) < 4.78 is 5.33. The minimum Gasteiger partial charge on any atom is -0.478 e. The van der Waals surface area contributed by atoms with E-state index in [2.05, 4.69) is 0 Å². The molecule has 0 bridgehead atoms. The second-order valence-corrected chi connectivity index (χ2v) is 8.10. The zero-order valence-corrected chi connectivity index (χ0v) is 20.8. The second kappa shape index (κ2) is 15.0. The van der Waals surface area contributed by atoms with Gasteiger partial charge in [0, 0.05) is 49.5 Å². The van der Waals surface area contributed by atoms with Crippen LogP contribution in [0.15, 0.2) is 60.7 Å². The molecule has 0 radical (unpaired) electrons. The quantitative estimate of drug-likeness (QED) is 0.203. The van der Waals surface area contributed by atoms with Gasteiger partial charge in [0.05, 0.1) is 35.9 Å². The molecule has 2 N–H and O–H groups in total. The first-order valence-corrected chi connectivity index (χ1v) is 11.8. The van der Waals surface area contributed by atoms with Gasteiger partial charge in [0.2, 0.25) is 5.91 Å². The van der Waals surface area contributed by atoms with E-state index in [0.717, 1.165) is 0 Å². The van der Waals surface area contributed by atoms with Crippen LogP contribution in [0.1, 0.15) is 29.3 Å². The number of non-ortho nitro benzene ring substituents is 1. The van der Waals surface area contributed by atoms with Gasteiger partial charge in [-0.2, -0.15) is 0 Å². The van der Waals surface area contributed by atoms with Gasteiger partial charge in [-0.05, 0) is 12.5 Å². The first kappa shape index (κ1) is 29.8. The highest BCUT2D eigenvalue weighted by Crippen LogP contribution is 2.28. The molecule has 12 nitrogen and oxygen atoms in total. The molecule has 1 aliphatic rings. The molecular formula is C26H29N3O9. The smallest absolute Gasteiger partial charge is 0.328 e. The fourth-order valence-corrected chi connectivity index (χ4v) is 3.58. The number of hydrogen-bond donors (Lipinski definition) is 2. The van der Waals surface area contributed by atoms with Crippen LogP contribution >= 0.6 is 0 Å². The Hall–Kier alpha value is -4.42. The summed E-state index contributed by atoms with van der Waals surface area (Å²) in [6.07, 6.45) is 1.80. The highest BCUT2D eigenvalue weighted by Gasteiger charge is 2.26. The summed E-state index contributed by atoms with van der Waals surface area (Å²) in [6.45, 7) is 5.06. The van der Waals surface area contributed by atoms with Crippen molar-refractivity contribution in [2.45, 2.75) is 13.3 Å². The Morgan fingerprint density at radius 2 is 1.63 bits per heavy atom. The third-order valence-electron chi connectivity index (χ3n) is 5.34. The summed E-state index contributed by atoms with van der Waals surface area (Å²) in [5.41, 5.74) is 0.778. The SMILES string of the molecule is CCCN(C(=O)CN1CCOCC1)c1ccc([N+](=O)[O-])cc1C(=O)c1ccccc1.O=C(O)/C=C/C(=O)O. The summed E-state index contributed by atoms with van der Waals surface area (Å²) in [7, 11) is 0. The second-order valence-electron chi connectivity index (χ2n) is 8.10. The molecule has 1 saturated heterocycles. The lowest BCUT2D eigenvalue weighted by Gasteiger charge is -2.30. The van der Waals surface area contributed by atoms with E-state index in [1.54, 1.807) is 35.2 Å². The van der Waals surface area contributed by atoms with Crippen LogP contribution in [-0.2, 0) is 19.1 Å². The van der Waals surface area contributed by atoms with Crippen molar-refractivity contribution in [3.05, 3.63) is 81.9 Å². The number of anilines is 1. The number of hydrogen-bond acceptors (Lipinski definition) is 8. The number of carbonyl (C=O) groups is 4. The highest BCUT2D eigenvalue weighted by atomic mass is 16.6. The lowest BCUT2D eigenvalue weighted by Crippen LogP contribution is -2.45. The molecule has 202 valence electrons. The van der Waals surface area contributed by atoms with E-state index in [-0.39, 0.29) is 29.5 Å². The van der Waals surface area contributed by atoms with Crippen LogP contribution in [0, 0.1) is 10.1 Å². The third-order valence-corrected chi connectivity index (χ3v) is 5.34. The highest BCUT2D eigenvalue weighted by molar-refractivity contribution is 6.14. The van der Waals surface area contributed by atoms with Crippen LogP contribution in [0.4, 0.5) is 11.4 Å². The molecular weight excluding hydrogens is 498 g/mol. The Balaban J connectivity index is 0.000000550. The molecule has 1 amide bonds. The summed E-state index contributed by atoms with van der Waals surface area (Å²) in [5.74, 6) is -3.01. The molecule has 2 aromatic carbocycles. The van der Waals surface area contributed by atoms with Gasteiger partial charge in [-0.1, -0.05) is 37.3 Å². The molecule has 12 heteroatoms. The Labute approximate surface area is 218 Å². The number of benzene rings is 2. The number of nitrogens with zero attached hydrogens (tertiary/aromatic N) is 3. The van der Waals surface area contributed by atoms with E-state index in [4.69, 9.17) is 14.9 Å². The number of carbonyl (C=O) groups excluding carboxylic acids is 2. The predicted octanol–water partition coefficient (Wildman–Crippen LogP) is 2.61. The molecule has 38 heavy (non-hydrogen) atoms. The molecule has 1 aliphatic heterocycles. The maximum absolute atomic E-state index is 13.2. The van der Waals surface area contributed by atoms with Crippen molar-refractivity contribution >= 4 is 35.0 Å². The lowest BCUT2D eigenvalue weighted by molar-refractivity contribution is -0.384. The normalized spacial score (nSPS) is 13.3. The number of carboxylic acid groups (broad SMARTS) is 2. The van der Waals surface area contributed by atoms with Crippen LogP contribution < -0.4 is 4.90 Å². The number of morpholine rings is 1. The number of nitro benzene ring substituents is 1. The van der Waals surface area contributed by atoms with E-state index in [0.29, 0.717) is 62.7 Å². The van der Waals surface area contributed by atoms with Crippen LogP contribution in [0.3, 0.4) is 0 Å². The van der Waals surface area contributed by atoms with Gasteiger partial charge in [0.15, 0.2) is 5.78 Å². The summed E-state index contributed by atoms with van der Waals surface area (Å²) in [6, 6.07) is 12.7. The molecule has 1 fully saturated rings. The van der Waals surface area contributed by atoms with Gasteiger partial charge >= 0.3 is 11.9 Å². The van der Waals surface area contributed by atoms with E-state index < -0.39 is 16.9 Å². The third kappa shape index (κ3) is 9.22. The molecule has 0 unspecified atom stereocenters. The number of nitro groups is 1. The van der Waals surface area contributed by atoms with Crippen LogP contribution in [0.5, 0.6) is 0 Å². The first-order valence-electron chi connectivity index (χ1n) is 11.8. The van der Waals surface area contributed by atoms with Gasteiger partial charge in [0.1, 0.15) is 0 Å². The van der Waals surface area contributed by atoms with Crippen molar-refractivity contribution in [2.24, 2.45) is 0 Å². The zero-order valence-electron chi connectivity index (χ0n) is 20.8. The van der Waals surface area contributed by atoms with Gasteiger partial charge in [0.25, 0.3) is 5.69 Å². The monoisotopic (exact) mass is 527 g/mol. The molecule has 0 atom stereocenters. The molecule has 0 spiro atoms. The van der Waals surface area contributed by atoms with Crippen molar-refractivity contribution in [3.8, 4) is 0 Å². The van der Waals surface area contributed by atoms with Crippen LogP contribution in [-0.4, -0.2) is 83.1 Å². The van der Waals surface area contributed by atoms with E-state index in [1.165, 1.54) is 18.2 Å². The average Bonchev–Trinajstić information content (AvgIpc) is 2.91. The number of amides is 1. The van der Waals surface area contributed by atoms with Gasteiger partial charge in [-0.15, -0.1) is 0 Å². The van der Waals surface area contributed by atoms with Crippen molar-refractivity contribution < 1.29 is 39.1 Å². The van der Waals surface area contributed by atoms with Crippen molar-refractivity contribution in [3.63, 3.8) is 0 Å².